The van der Waals surface area contributed by atoms with Gasteiger partial charge in [0.15, 0.2) is 0 Å². The second-order valence-electron chi connectivity index (χ2n) is 4.34. The Bertz CT molecular complexity index is 501. The molecule has 0 aliphatic carbocycles. The van der Waals surface area contributed by atoms with E-state index in [1.54, 1.807) is 0 Å². The summed E-state index contributed by atoms with van der Waals surface area (Å²) in [5, 5.41) is 18.0. The lowest BCUT2D eigenvalue weighted by molar-refractivity contribution is -0.117. The van der Waals surface area contributed by atoms with E-state index < -0.39 is 5.97 Å². The smallest absolute Gasteiger partial charge is 0.335 e. The van der Waals surface area contributed by atoms with E-state index in [9.17, 15) is 9.59 Å². The summed E-state index contributed by atoms with van der Waals surface area (Å²) in [6, 6.07) is 4.25. The predicted octanol–water partition coefficient (Wildman–Crippen LogP) is 0.312. The summed E-state index contributed by atoms with van der Waals surface area (Å²) in [6.45, 7) is 0.295. The zero-order chi connectivity index (χ0) is 13.3. The number of carboxylic acids is 1. The van der Waals surface area contributed by atoms with Gasteiger partial charge in [0.05, 0.1) is 16.9 Å². The molecule has 4 N–H and O–H groups in total. The summed E-state index contributed by atoms with van der Waals surface area (Å²) in [7, 11) is 0. The van der Waals surface area contributed by atoms with Crippen molar-refractivity contribution >= 4 is 23.3 Å². The van der Waals surface area contributed by atoms with Gasteiger partial charge in [-0.15, -0.1) is 0 Å². The number of carbonyl (C=O) groups is 2. The normalized spacial score (nSPS) is 19.3. The largest absolute Gasteiger partial charge is 0.478 e. The molecule has 1 heterocycles. The van der Waals surface area contributed by atoms with E-state index in [2.05, 4.69) is 0 Å². The number of aliphatic hydroxyl groups is 1. The van der Waals surface area contributed by atoms with Crippen molar-refractivity contribution in [1.29, 1.82) is 0 Å². The molecule has 0 radical (unpaired) electrons. The average Bonchev–Trinajstić information content (AvgIpc) is 2.71. The summed E-state index contributed by atoms with van der Waals surface area (Å²) in [5.41, 5.74) is 6.60. The number of hydrogen-bond donors (Lipinski definition) is 3. The number of amides is 1. The highest BCUT2D eigenvalue weighted by Gasteiger charge is 2.31. The fraction of sp³-hybridized carbons (Fsp3) is 0.333. The van der Waals surface area contributed by atoms with Gasteiger partial charge in [-0.25, -0.2) is 4.79 Å². The minimum absolute atomic E-state index is 0.0687. The van der Waals surface area contributed by atoms with E-state index in [1.807, 2.05) is 0 Å². The summed E-state index contributed by atoms with van der Waals surface area (Å²) in [6.07, 6.45) is 0.257. The molecule has 2 rings (SSSR count). The molecule has 6 nitrogen and oxygen atoms in total. The molecule has 1 aromatic carbocycles. The first kappa shape index (κ1) is 12.4. The zero-order valence-electron chi connectivity index (χ0n) is 9.67. The maximum atomic E-state index is 11.8. The molecule has 1 aliphatic heterocycles. The fourth-order valence-electron chi connectivity index (χ4n) is 2.05. The van der Waals surface area contributed by atoms with Crippen LogP contribution in [0.3, 0.4) is 0 Å². The SMILES string of the molecule is Nc1ccc(C(=O)O)cc1N1CC(CO)CC1=O. The van der Waals surface area contributed by atoms with Crippen molar-refractivity contribution in [2.75, 3.05) is 23.8 Å². The highest BCUT2D eigenvalue weighted by molar-refractivity contribution is 6.00. The number of carbonyl (C=O) groups excluding carboxylic acids is 1. The third-order valence-corrected chi connectivity index (χ3v) is 3.03. The Kier molecular flexibility index (Phi) is 3.20. The van der Waals surface area contributed by atoms with Crippen molar-refractivity contribution in [1.82, 2.24) is 0 Å². The van der Waals surface area contributed by atoms with Crippen molar-refractivity contribution in [3.05, 3.63) is 23.8 Å². The number of carboxylic acid groups (broad SMARTS) is 1. The first-order valence-electron chi connectivity index (χ1n) is 5.57. The minimum atomic E-state index is -1.07. The predicted molar refractivity (Wildman–Crippen MR) is 65.4 cm³/mol. The first-order valence-corrected chi connectivity index (χ1v) is 5.57. The van der Waals surface area contributed by atoms with Crippen LogP contribution in [0.15, 0.2) is 18.2 Å². The molecule has 1 unspecified atom stereocenters. The van der Waals surface area contributed by atoms with Gasteiger partial charge < -0.3 is 20.8 Å². The van der Waals surface area contributed by atoms with Gasteiger partial charge in [-0.05, 0) is 18.2 Å². The molecule has 1 saturated heterocycles. The molecule has 1 fully saturated rings. The Morgan fingerprint density at radius 2 is 2.22 bits per heavy atom. The number of aromatic carboxylic acids is 1. The fourth-order valence-corrected chi connectivity index (χ4v) is 2.05. The Balaban J connectivity index is 2.35. The summed E-state index contributed by atoms with van der Waals surface area (Å²) < 4.78 is 0. The molecule has 96 valence electrons. The molecule has 1 aromatic rings. The topological polar surface area (TPSA) is 104 Å². The van der Waals surface area contributed by atoms with Gasteiger partial charge in [0.1, 0.15) is 0 Å². The number of nitrogens with zero attached hydrogens (tertiary/aromatic N) is 1. The van der Waals surface area contributed by atoms with E-state index >= 15 is 0 Å². The molecule has 0 spiro atoms. The number of anilines is 2. The molecule has 0 aromatic heterocycles. The monoisotopic (exact) mass is 250 g/mol. The van der Waals surface area contributed by atoms with Crippen molar-refractivity contribution in [2.45, 2.75) is 6.42 Å². The molecule has 18 heavy (non-hydrogen) atoms. The van der Waals surface area contributed by atoms with E-state index in [0.717, 1.165) is 0 Å². The van der Waals surface area contributed by atoms with E-state index in [4.69, 9.17) is 15.9 Å². The van der Waals surface area contributed by atoms with E-state index in [1.165, 1.54) is 23.1 Å². The Labute approximate surface area is 104 Å². The van der Waals surface area contributed by atoms with Gasteiger partial charge >= 0.3 is 5.97 Å². The summed E-state index contributed by atoms with van der Waals surface area (Å²) >= 11 is 0. The summed E-state index contributed by atoms with van der Waals surface area (Å²) in [4.78, 5) is 24.1. The van der Waals surface area contributed by atoms with Crippen LogP contribution in [0.5, 0.6) is 0 Å². The lowest BCUT2D eigenvalue weighted by Gasteiger charge is -2.19. The first-order chi connectivity index (χ1) is 8.52. The van der Waals surface area contributed by atoms with Crippen LogP contribution in [0.1, 0.15) is 16.8 Å². The number of hydrogen-bond acceptors (Lipinski definition) is 4. The standard InChI is InChI=1S/C12H14N2O4/c13-9-2-1-8(12(17)18)4-10(9)14-5-7(6-15)3-11(14)16/h1-2,4,7,15H,3,5-6,13H2,(H,17,18). The Morgan fingerprint density at radius 1 is 1.50 bits per heavy atom. The van der Waals surface area contributed by atoms with E-state index in [-0.39, 0.29) is 30.4 Å². The molecule has 0 bridgehead atoms. The van der Waals surface area contributed by atoms with Crippen LogP contribution < -0.4 is 10.6 Å². The molecule has 1 atom stereocenters. The second kappa shape index (κ2) is 4.66. The van der Waals surface area contributed by atoms with Crippen LogP contribution in [0, 0.1) is 5.92 Å². The quantitative estimate of drug-likeness (QED) is 0.670. The van der Waals surface area contributed by atoms with E-state index in [0.29, 0.717) is 17.9 Å². The van der Waals surface area contributed by atoms with Crippen molar-refractivity contribution in [3.8, 4) is 0 Å². The molecule has 6 heteroatoms. The maximum absolute atomic E-state index is 11.8. The van der Waals surface area contributed by atoms with Crippen molar-refractivity contribution in [3.63, 3.8) is 0 Å². The molecule has 1 amide bonds. The molecule has 1 aliphatic rings. The van der Waals surface area contributed by atoms with Gasteiger partial charge in [0, 0.05) is 25.5 Å². The van der Waals surface area contributed by atoms with Crippen molar-refractivity contribution in [2.24, 2.45) is 5.92 Å². The Morgan fingerprint density at radius 3 is 2.78 bits per heavy atom. The van der Waals surface area contributed by atoms with Gasteiger partial charge in [-0.3, -0.25) is 4.79 Å². The second-order valence-corrected chi connectivity index (χ2v) is 4.34. The van der Waals surface area contributed by atoms with Crippen molar-refractivity contribution < 1.29 is 19.8 Å². The van der Waals surface area contributed by atoms with Crippen LogP contribution >= 0.6 is 0 Å². The number of nitrogens with two attached hydrogens (primary N) is 1. The van der Waals surface area contributed by atoms with Gasteiger partial charge in [0.2, 0.25) is 5.91 Å². The van der Waals surface area contributed by atoms with Gasteiger partial charge in [0.25, 0.3) is 0 Å². The lowest BCUT2D eigenvalue weighted by Crippen LogP contribution is -2.26. The summed E-state index contributed by atoms with van der Waals surface area (Å²) in [5.74, 6) is -1.34. The number of aliphatic hydroxyl groups excluding tert-OH is 1. The minimum Gasteiger partial charge on any atom is -0.478 e. The van der Waals surface area contributed by atoms with Gasteiger partial charge in [-0.1, -0.05) is 0 Å². The third kappa shape index (κ3) is 2.14. The van der Waals surface area contributed by atoms with Crippen LogP contribution in [-0.2, 0) is 4.79 Å². The third-order valence-electron chi connectivity index (χ3n) is 3.03. The lowest BCUT2D eigenvalue weighted by atomic mass is 10.1. The molecule has 0 saturated carbocycles. The van der Waals surface area contributed by atoms with Gasteiger partial charge in [-0.2, -0.15) is 0 Å². The van der Waals surface area contributed by atoms with Crippen LogP contribution in [-0.4, -0.2) is 35.2 Å². The molecular weight excluding hydrogens is 236 g/mol. The maximum Gasteiger partial charge on any atom is 0.335 e. The average molecular weight is 250 g/mol. The Hall–Kier alpha value is -2.08. The highest BCUT2D eigenvalue weighted by Crippen LogP contribution is 2.30. The number of rotatable bonds is 3. The molecular formula is C12H14N2O4. The van der Waals surface area contributed by atoms with Crippen LogP contribution in [0.25, 0.3) is 0 Å². The van der Waals surface area contributed by atoms with Crippen LogP contribution in [0.4, 0.5) is 11.4 Å². The number of nitrogen functional groups attached to an aromatic ring is 1. The zero-order valence-corrected chi connectivity index (χ0v) is 9.67. The number of benzene rings is 1. The highest BCUT2D eigenvalue weighted by atomic mass is 16.4. The van der Waals surface area contributed by atoms with Crippen LogP contribution in [0.2, 0.25) is 0 Å².